The number of carbonyl (C=O) groups is 1. The largest absolute Gasteiger partial charge is 0.438 e. The average Bonchev–Trinajstić information content (AvgIpc) is 2.92. The number of anilines is 1. The van der Waals surface area contributed by atoms with E-state index in [1.165, 1.54) is 19.2 Å². The quantitative estimate of drug-likeness (QED) is 0.744. The summed E-state index contributed by atoms with van der Waals surface area (Å²) in [5.41, 5.74) is 1.56. The molecular weight excluding hydrogens is 407 g/mol. The number of sulfonamides is 1. The highest BCUT2D eigenvalue weighted by molar-refractivity contribution is 14.1. The molecule has 2 rings (SSSR count). The molecule has 0 saturated carbocycles. The van der Waals surface area contributed by atoms with Crippen LogP contribution in [-0.4, -0.2) is 21.4 Å². The minimum absolute atomic E-state index is 0.0678. The molecule has 0 fully saturated rings. The van der Waals surface area contributed by atoms with Crippen molar-refractivity contribution < 1.29 is 17.6 Å². The summed E-state index contributed by atoms with van der Waals surface area (Å²) in [6.07, 6.45) is 0. The van der Waals surface area contributed by atoms with E-state index >= 15 is 0 Å². The molecule has 6 nitrogen and oxygen atoms in total. The maximum Gasteiger partial charge on any atom is 0.291 e. The Morgan fingerprint density at radius 2 is 1.95 bits per heavy atom. The van der Waals surface area contributed by atoms with Gasteiger partial charge in [-0.2, -0.15) is 0 Å². The Hall–Kier alpha value is -1.39. The van der Waals surface area contributed by atoms with Gasteiger partial charge in [-0.15, -0.1) is 0 Å². The zero-order valence-electron chi connectivity index (χ0n) is 11.3. The summed E-state index contributed by atoms with van der Waals surface area (Å²) in [6, 6.07) is 8.13. The molecule has 112 valence electrons. The number of hydrogen-bond acceptors (Lipinski definition) is 4. The molecular formula is C13H13IN2O4S. The lowest BCUT2D eigenvalue weighted by atomic mass is 10.2. The van der Waals surface area contributed by atoms with E-state index in [9.17, 15) is 13.2 Å². The fraction of sp³-hybridized carbons (Fsp3) is 0.154. The summed E-state index contributed by atoms with van der Waals surface area (Å²) in [7, 11) is -2.42. The fourth-order valence-corrected chi connectivity index (χ4v) is 2.93. The van der Waals surface area contributed by atoms with Crippen LogP contribution in [0.5, 0.6) is 0 Å². The van der Waals surface area contributed by atoms with Crippen molar-refractivity contribution in [3.05, 3.63) is 45.2 Å². The highest BCUT2D eigenvalue weighted by atomic mass is 127. The predicted octanol–water partition coefficient (Wildman–Crippen LogP) is 2.35. The predicted molar refractivity (Wildman–Crippen MR) is 86.8 cm³/mol. The van der Waals surface area contributed by atoms with Crippen LogP contribution < -0.4 is 10.0 Å². The molecule has 1 heterocycles. The highest BCUT2D eigenvalue weighted by Crippen LogP contribution is 2.20. The minimum Gasteiger partial charge on any atom is -0.438 e. The second kappa shape index (κ2) is 6.16. The Labute approximate surface area is 136 Å². The summed E-state index contributed by atoms with van der Waals surface area (Å²) in [4.78, 5) is 12.1. The Kier molecular flexibility index (Phi) is 4.69. The zero-order valence-corrected chi connectivity index (χ0v) is 14.3. The van der Waals surface area contributed by atoms with E-state index in [0.717, 1.165) is 9.13 Å². The Morgan fingerprint density at radius 1 is 1.24 bits per heavy atom. The van der Waals surface area contributed by atoms with Gasteiger partial charge in [-0.3, -0.25) is 4.79 Å². The highest BCUT2D eigenvalue weighted by Gasteiger charge is 2.19. The lowest BCUT2D eigenvalue weighted by Gasteiger charge is -2.07. The molecule has 0 bridgehead atoms. The van der Waals surface area contributed by atoms with Gasteiger partial charge in [0.15, 0.2) is 5.76 Å². The number of amides is 1. The number of benzene rings is 1. The van der Waals surface area contributed by atoms with Crippen LogP contribution in [0.2, 0.25) is 0 Å². The summed E-state index contributed by atoms with van der Waals surface area (Å²) in [6.45, 7) is 1.87. The summed E-state index contributed by atoms with van der Waals surface area (Å²) < 4.78 is 31.4. The number of nitrogens with one attached hydrogen (secondary N) is 2. The van der Waals surface area contributed by atoms with E-state index in [4.69, 9.17) is 4.42 Å². The van der Waals surface area contributed by atoms with Crippen molar-refractivity contribution in [3.8, 4) is 0 Å². The molecule has 1 amide bonds. The van der Waals surface area contributed by atoms with Crippen molar-refractivity contribution in [1.82, 2.24) is 4.72 Å². The van der Waals surface area contributed by atoms with Gasteiger partial charge in [0.25, 0.3) is 15.9 Å². The maximum absolute atomic E-state index is 12.1. The first-order valence-electron chi connectivity index (χ1n) is 5.94. The molecule has 0 saturated heterocycles. The monoisotopic (exact) mass is 420 g/mol. The van der Waals surface area contributed by atoms with Crippen molar-refractivity contribution in [2.75, 3.05) is 12.4 Å². The Bertz CT molecular complexity index is 783. The van der Waals surface area contributed by atoms with E-state index in [1.807, 2.05) is 19.1 Å². The second-order valence-corrected chi connectivity index (χ2v) is 7.30. The summed E-state index contributed by atoms with van der Waals surface area (Å²) in [5.74, 6) is -0.571. The first-order valence-corrected chi connectivity index (χ1v) is 8.50. The number of halogens is 1. The first kappa shape index (κ1) is 16.0. The van der Waals surface area contributed by atoms with Crippen LogP contribution in [0, 0.1) is 10.5 Å². The standard InChI is InChI=1S/C13H13IN2O4S/c1-8-7-9(14)3-4-10(8)16-13(17)11-5-6-12(20-11)21(18,19)15-2/h3-7,15H,1-2H3,(H,16,17). The van der Waals surface area contributed by atoms with Crippen LogP contribution >= 0.6 is 22.6 Å². The van der Waals surface area contributed by atoms with Crippen molar-refractivity contribution in [2.24, 2.45) is 0 Å². The average molecular weight is 420 g/mol. The van der Waals surface area contributed by atoms with E-state index in [-0.39, 0.29) is 10.9 Å². The number of carbonyl (C=O) groups excluding carboxylic acids is 1. The number of furan rings is 1. The van der Waals surface area contributed by atoms with Gasteiger partial charge in [-0.1, -0.05) is 0 Å². The third-order valence-corrected chi connectivity index (χ3v) is 4.73. The van der Waals surface area contributed by atoms with Gasteiger partial charge in [0.1, 0.15) is 0 Å². The van der Waals surface area contributed by atoms with Gasteiger partial charge in [0.2, 0.25) is 5.09 Å². The maximum atomic E-state index is 12.1. The number of hydrogen-bond donors (Lipinski definition) is 2. The smallest absolute Gasteiger partial charge is 0.291 e. The zero-order chi connectivity index (χ0) is 15.6. The van der Waals surface area contributed by atoms with E-state index in [1.54, 1.807) is 6.07 Å². The molecule has 0 unspecified atom stereocenters. The van der Waals surface area contributed by atoms with E-state index in [2.05, 4.69) is 32.6 Å². The molecule has 21 heavy (non-hydrogen) atoms. The molecule has 1 aromatic heterocycles. The molecule has 2 N–H and O–H groups in total. The Balaban J connectivity index is 2.22. The first-order chi connectivity index (χ1) is 9.83. The molecule has 2 aromatic rings. The van der Waals surface area contributed by atoms with Crippen LogP contribution in [0.1, 0.15) is 16.1 Å². The van der Waals surface area contributed by atoms with Gasteiger partial charge in [0.05, 0.1) is 0 Å². The van der Waals surface area contributed by atoms with Gasteiger partial charge < -0.3 is 9.73 Å². The van der Waals surface area contributed by atoms with Crippen molar-refractivity contribution >= 4 is 44.2 Å². The summed E-state index contributed by atoms with van der Waals surface area (Å²) in [5, 5.41) is 2.39. The molecule has 0 aliphatic carbocycles. The topological polar surface area (TPSA) is 88.4 Å². The third-order valence-electron chi connectivity index (χ3n) is 2.78. The van der Waals surface area contributed by atoms with Crippen LogP contribution in [0.15, 0.2) is 39.8 Å². The fourth-order valence-electron chi connectivity index (χ4n) is 1.64. The van der Waals surface area contributed by atoms with Crippen LogP contribution in [0.3, 0.4) is 0 Å². The lowest BCUT2D eigenvalue weighted by molar-refractivity contribution is 0.0991. The molecule has 0 aliphatic heterocycles. The van der Waals surface area contributed by atoms with Crippen LogP contribution in [0.4, 0.5) is 5.69 Å². The third kappa shape index (κ3) is 3.63. The molecule has 0 spiro atoms. The number of rotatable bonds is 4. The van der Waals surface area contributed by atoms with Gasteiger partial charge >= 0.3 is 0 Å². The van der Waals surface area contributed by atoms with Crippen LogP contribution in [-0.2, 0) is 10.0 Å². The van der Waals surface area contributed by atoms with Crippen molar-refractivity contribution in [3.63, 3.8) is 0 Å². The molecule has 1 aromatic carbocycles. The molecule has 0 radical (unpaired) electrons. The Morgan fingerprint density at radius 3 is 2.57 bits per heavy atom. The van der Waals surface area contributed by atoms with Crippen LogP contribution in [0.25, 0.3) is 0 Å². The SMILES string of the molecule is CNS(=O)(=O)c1ccc(C(=O)Nc2ccc(I)cc2C)o1. The lowest BCUT2D eigenvalue weighted by Crippen LogP contribution is -2.18. The number of aryl methyl sites for hydroxylation is 1. The van der Waals surface area contributed by atoms with Gasteiger partial charge in [-0.05, 0) is 72.5 Å². The van der Waals surface area contributed by atoms with Crippen molar-refractivity contribution in [2.45, 2.75) is 12.0 Å². The van der Waals surface area contributed by atoms with Gasteiger partial charge in [-0.25, -0.2) is 13.1 Å². The van der Waals surface area contributed by atoms with E-state index < -0.39 is 15.9 Å². The minimum atomic E-state index is -3.70. The summed E-state index contributed by atoms with van der Waals surface area (Å²) >= 11 is 2.18. The second-order valence-electron chi connectivity index (χ2n) is 4.24. The molecule has 0 aliphatic rings. The van der Waals surface area contributed by atoms with E-state index in [0.29, 0.717) is 5.69 Å². The molecule has 0 atom stereocenters. The van der Waals surface area contributed by atoms with Gasteiger partial charge in [0, 0.05) is 9.26 Å². The van der Waals surface area contributed by atoms with Crippen molar-refractivity contribution in [1.29, 1.82) is 0 Å². The molecule has 8 heteroatoms. The normalized spacial score (nSPS) is 11.4.